The molecule has 0 radical (unpaired) electrons. The molecule has 0 aromatic heterocycles. The van der Waals surface area contributed by atoms with E-state index in [0.717, 1.165) is 21.0 Å². The number of carbonyl (C=O) groups is 2. The average molecular weight is 570 g/mol. The topological polar surface area (TPSA) is 86.8 Å². The van der Waals surface area contributed by atoms with E-state index in [1.165, 1.54) is 23.1 Å². The number of halogens is 1. The largest absolute Gasteiger partial charge is 0.352 e. The van der Waals surface area contributed by atoms with Gasteiger partial charge in [-0.2, -0.15) is 0 Å². The fourth-order valence-corrected chi connectivity index (χ4v) is 5.78. The van der Waals surface area contributed by atoms with Gasteiger partial charge in [-0.15, -0.1) is 0 Å². The summed E-state index contributed by atoms with van der Waals surface area (Å²) in [5.41, 5.74) is 2.94. The van der Waals surface area contributed by atoms with Crippen LogP contribution in [-0.4, -0.2) is 43.8 Å². The number of hydrogen-bond acceptors (Lipinski definition) is 4. The van der Waals surface area contributed by atoms with Gasteiger partial charge in [0.2, 0.25) is 11.8 Å². The predicted octanol–water partition coefficient (Wildman–Crippen LogP) is 5.48. The molecule has 1 atom stereocenters. The third kappa shape index (κ3) is 7.61. The number of rotatable bonds is 11. The number of carbonyl (C=O) groups excluding carboxylic acids is 2. The zero-order valence-electron chi connectivity index (χ0n) is 23.0. The van der Waals surface area contributed by atoms with Crippen LogP contribution >= 0.6 is 11.6 Å². The van der Waals surface area contributed by atoms with Crippen molar-refractivity contribution >= 4 is 39.1 Å². The van der Waals surface area contributed by atoms with Crippen molar-refractivity contribution in [3.63, 3.8) is 0 Å². The second kappa shape index (κ2) is 13.1. The van der Waals surface area contributed by atoms with E-state index in [9.17, 15) is 18.0 Å². The summed E-state index contributed by atoms with van der Waals surface area (Å²) in [7, 11) is -4.14. The highest BCUT2D eigenvalue weighted by Gasteiger charge is 2.34. The molecule has 9 heteroatoms. The Morgan fingerprint density at radius 3 is 2.15 bits per heavy atom. The maximum atomic E-state index is 14.0. The lowest BCUT2D eigenvalue weighted by Gasteiger charge is -2.33. The van der Waals surface area contributed by atoms with Gasteiger partial charge in [-0.3, -0.25) is 13.9 Å². The normalized spacial score (nSPS) is 12.2. The second-order valence-electron chi connectivity index (χ2n) is 9.85. The average Bonchev–Trinajstić information content (AvgIpc) is 2.90. The van der Waals surface area contributed by atoms with Crippen molar-refractivity contribution in [2.75, 3.05) is 10.8 Å². The molecule has 3 aromatic rings. The number of benzene rings is 3. The molecule has 0 saturated heterocycles. The van der Waals surface area contributed by atoms with Crippen molar-refractivity contribution in [2.45, 2.75) is 64.6 Å². The highest BCUT2D eigenvalue weighted by molar-refractivity contribution is 7.92. The van der Waals surface area contributed by atoms with Crippen molar-refractivity contribution < 1.29 is 18.0 Å². The Morgan fingerprint density at radius 1 is 0.949 bits per heavy atom. The van der Waals surface area contributed by atoms with Crippen molar-refractivity contribution in [1.82, 2.24) is 10.2 Å². The Kier molecular flexibility index (Phi) is 10.2. The molecule has 0 aliphatic rings. The van der Waals surface area contributed by atoms with Crippen molar-refractivity contribution in [2.24, 2.45) is 0 Å². The molecule has 0 spiro atoms. The Morgan fingerprint density at radius 2 is 1.59 bits per heavy atom. The van der Waals surface area contributed by atoms with Gasteiger partial charge in [-0.1, -0.05) is 72.6 Å². The lowest BCUT2D eigenvalue weighted by Crippen LogP contribution is -2.53. The maximum absolute atomic E-state index is 14.0. The van der Waals surface area contributed by atoms with Gasteiger partial charge in [0.25, 0.3) is 10.0 Å². The molecule has 0 fully saturated rings. The summed E-state index contributed by atoms with van der Waals surface area (Å²) in [5, 5.41) is 3.28. The first kappa shape index (κ1) is 30.2. The Hall–Kier alpha value is -3.36. The lowest BCUT2D eigenvalue weighted by molar-refractivity contribution is -0.140. The van der Waals surface area contributed by atoms with Crippen LogP contribution in [0.2, 0.25) is 5.02 Å². The van der Waals surface area contributed by atoms with Gasteiger partial charge < -0.3 is 10.2 Å². The van der Waals surface area contributed by atoms with Crippen LogP contribution in [0.1, 0.15) is 43.9 Å². The fraction of sp³-hybridized carbons (Fsp3) is 0.333. The minimum atomic E-state index is -4.14. The van der Waals surface area contributed by atoms with Crippen LogP contribution < -0.4 is 9.62 Å². The summed E-state index contributed by atoms with van der Waals surface area (Å²) in [6, 6.07) is 19.6. The van der Waals surface area contributed by atoms with E-state index >= 15 is 0 Å². The standard InChI is InChI=1S/C30H36ClN3O4S/c1-6-28(30(36)32-21(2)3)33(19-24-15-12-22(4)13-16-24)29(35)20-34(25-17-14-23(5)27(31)18-25)39(37,38)26-10-8-7-9-11-26/h7-18,21,28H,6,19-20H2,1-5H3,(H,32,36). The van der Waals surface area contributed by atoms with Gasteiger partial charge in [0.15, 0.2) is 0 Å². The number of hydrogen-bond donors (Lipinski definition) is 1. The van der Waals surface area contributed by atoms with Crippen molar-refractivity contribution in [3.05, 3.63) is 94.5 Å². The summed E-state index contributed by atoms with van der Waals surface area (Å²) in [4.78, 5) is 28.7. The van der Waals surface area contributed by atoms with Gasteiger partial charge in [0.05, 0.1) is 10.6 Å². The molecule has 2 amide bonds. The SMILES string of the molecule is CCC(C(=O)NC(C)C)N(Cc1ccc(C)cc1)C(=O)CN(c1ccc(C)c(Cl)c1)S(=O)(=O)c1ccccc1. The minimum Gasteiger partial charge on any atom is -0.352 e. The number of amides is 2. The van der Waals surface area contributed by atoms with Crippen LogP contribution in [0.5, 0.6) is 0 Å². The van der Waals surface area contributed by atoms with Crippen LogP contribution in [0.25, 0.3) is 0 Å². The van der Waals surface area contributed by atoms with Gasteiger partial charge in [-0.25, -0.2) is 8.42 Å². The zero-order chi connectivity index (χ0) is 28.7. The lowest BCUT2D eigenvalue weighted by atomic mass is 10.1. The Labute approximate surface area is 236 Å². The van der Waals surface area contributed by atoms with Gasteiger partial charge in [-0.05, 0) is 69.5 Å². The molecule has 0 aliphatic carbocycles. The molecular formula is C30H36ClN3O4S. The van der Waals surface area contributed by atoms with Gasteiger partial charge in [0, 0.05) is 17.6 Å². The number of nitrogens with one attached hydrogen (secondary N) is 1. The third-order valence-electron chi connectivity index (χ3n) is 6.34. The molecule has 0 saturated carbocycles. The monoisotopic (exact) mass is 569 g/mol. The number of sulfonamides is 1. The highest BCUT2D eigenvalue weighted by atomic mass is 35.5. The number of nitrogens with zero attached hydrogens (tertiary/aromatic N) is 2. The van der Waals surface area contributed by atoms with Crippen LogP contribution in [0.4, 0.5) is 5.69 Å². The van der Waals surface area contributed by atoms with Crippen LogP contribution in [0.15, 0.2) is 77.7 Å². The van der Waals surface area contributed by atoms with Crippen LogP contribution in [0, 0.1) is 13.8 Å². The van der Waals surface area contributed by atoms with Crippen molar-refractivity contribution in [3.8, 4) is 0 Å². The molecule has 7 nitrogen and oxygen atoms in total. The number of aryl methyl sites for hydroxylation is 2. The van der Waals surface area contributed by atoms with Crippen LogP contribution in [0.3, 0.4) is 0 Å². The second-order valence-corrected chi connectivity index (χ2v) is 12.1. The van der Waals surface area contributed by atoms with E-state index in [0.29, 0.717) is 11.4 Å². The minimum absolute atomic E-state index is 0.0455. The molecule has 3 rings (SSSR count). The van der Waals surface area contributed by atoms with Crippen molar-refractivity contribution in [1.29, 1.82) is 0 Å². The summed E-state index contributed by atoms with van der Waals surface area (Å²) in [5.74, 6) is -0.790. The first-order valence-electron chi connectivity index (χ1n) is 12.9. The van der Waals surface area contributed by atoms with E-state index < -0.39 is 28.5 Å². The molecule has 0 bridgehead atoms. The quantitative estimate of drug-likeness (QED) is 0.331. The smallest absolute Gasteiger partial charge is 0.264 e. The molecule has 39 heavy (non-hydrogen) atoms. The molecule has 1 N–H and O–H groups in total. The molecule has 0 aliphatic heterocycles. The Balaban J connectivity index is 2.07. The van der Waals surface area contributed by atoms with E-state index in [4.69, 9.17) is 11.6 Å². The van der Waals surface area contributed by atoms with E-state index in [1.807, 2.05) is 58.9 Å². The molecular weight excluding hydrogens is 534 g/mol. The van der Waals surface area contributed by atoms with E-state index in [-0.39, 0.29) is 29.1 Å². The first-order valence-corrected chi connectivity index (χ1v) is 14.7. The highest BCUT2D eigenvalue weighted by Crippen LogP contribution is 2.28. The Bertz CT molecular complexity index is 1390. The predicted molar refractivity (Wildman–Crippen MR) is 156 cm³/mol. The summed E-state index contributed by atoms with van der Waals surface area (Å²) < 4.78 is 28.7. The molecule has 0 heterocycles. The molecule has 208 valence electrons. The van der Waals surface area contributed by atoms with E-state index in [1.54, 1.807) is 30.3 Å². The van der Waals surface area contributed by atoms with Gasteiger partial charge in [0.1, 0.15) is 12.6 Å². The molecule has 3 aromatic carbocycles. The summed E-state index contributed by atoms with van der Waals surface area (Å²) in [6.07, 6.45) is 0.359. The maximum Gasteiger partial charge on any atom is 0.264 e. The van der Waals surface area contributed by atoms with Crippen LogP contribution in [-0.2, 0) is 26.2 Å². The first-order chi connectivity index (χ1) is 18.4. The number of anilines is 1. The summed E-state index contributed by atoms with van der Waals surface area (Å²) >= 11 is 6.37. The fourth-order valence-electron chi connectivity index (χ4n) is 4.18. The third-order valence-corrected chi connectivity index (χ3v) is 8.54. The van der Waals surface area contributed by atoms with E-state index in [2.05, 4.69) is 5.32 Å². The van der Waals surface area contributed by atoms with Gasteiger partial charge >= 0.3 is 0 Å². The zero-order valence-corrected chi connectivity index (χ0v) is 24.6. The molecule has 1 unspecified atom stereocenters. The summed E-state index contributed by atoms with van der Waals surface area (Å²) in [6.45, 7) is 8.97.